The van der Waals surface area contributed by atoms with Crippen molar-refractivity contribution in [1.82, 2.24) is 4.98 Å². The molecule has 0 aliphatic rings. The number of alkyl halides is 1. The molecular formula is C10H15FN2. The van der Waals surface area contributed by atoms with E-state index >= 15 is 0 Å². The Morgan fingerprint density at radius 3 is 2.62 bits per heavy atom. The fourth-order valence-corrected chi connectivity index (χ4v) is 1.07. The van der Waals surface area contributed by atoms with Gasteiger partial charge in [-0.25, -0.2) is 4.39 Å². The minimum atomic E-state index is -1.33. The minimum Gasteiger partial charge on any atom is -0.323 e. The molecule has 0 bridgehead atoms. The van der Waals surface area contributed by atoms with Gasteiger partial charge in [-0.05, 0) is 38.5 Å². The van der Waals surface area contributed by atoms with Crippen LogP contribution in [0.5, 0.6) is 0 Å². The Hall–Kier alpha value is -0.960. The molecule has 1 aromatic rings. The molecule has 1 rings (SSSR count). The van der Waals surface area contributed by atoms with Gasteiger partial charge in [0.05, 0.1) is 5.69 Å². The molecule has 3 heteroatoms. The second kappa shape index (κ2) is 3.42. The van der Waals surface area contributed by atoms with Crippen molar-refractivity contribution in [3.05, 3.63) is 29.6 Å². The Labute approximate surface area is 78.0 Å². The Kier molecular flexibility index (Phi) is 2.66. The lowest BCUT2D eigenvalue weighted by atomic mass is 10.00. The molecule has 0 fully saturated rings. The van der Waals surface area contributed by atoms with Crippen LogP contribution >= 0.6 is 0 Å². The molecule has 0 saturated carbocycles. The molecule has 2 nitrogen and oxygen atoms in total. The molecule has 0 aliphatic heterocycles. The zero-order valence-corrected chi connectivity index (χ0v) is 8.21. The predicted octanol–water partition coefficient (Wildman–Crippen LogP) is 2.31. The number of nitrogens with two attached hydrogens (primary N) is 1. The average Bonchev–Trinajstić information content (AvgIpc) is 2.03. The largest absolute Gasteiger partial charge is 0.323 e. The molecule has 1 aromatic heterocycles. The summed E-state index contributed by atoms with van der Waals surface area (Å²) in [6.45, 7) is 4.87. The number of nitrogens with zero attached hydrogens (tertiary/aromatic N) is 1. The molecule has 0 radical (unpaired) electrons. The van der Waals surface area contributed by atoms with Gasteiger partial charge in [0.15, 0.2) is 0 Å². The van der Waals surface area contributed by atoms with Crippen LogP contribution in [0.3, 0.4) is 0 Å². The number of rotatable bonds is 2. The second-order valence-corrected chi connectivity index (χ2v) is 3.73. The highest BCUT2D eigenvalue weighted by molar-refractivity contribution is 5.23. The lowest BCUT2D eigenvalue weighted by Gasteiger charge is -2.15. The van der Waals surface area contributed by atoms with Crippen LogP contribution in [0.1, 0.15) is 38.1 Å². The van der Waals surface area contributed by atoms with E-state index in [9.17, 15) is 4.39 Å². The molecule has 1 heterocycles. The van der Waals surface area contributed by atoms with Gasteiger partial charge in [0.2, 0.25) is 0 Å². The van der Waals surface area contributed by atoms with E-state index in [-0.39, 0.29) is 6.04 Å². The summed E-state index contributed by atoms with van der Waals surface area (Å²) in [5.74, 6) is 0. The van der Waals surface area contributed by atoms with Crippen LogP contribution in [0.25, 0.3) is 0 Å². The molecule has 72 valence electrons. The zero-order valence-electron chi connectivity index (χ0n) is 8.21. The summed E-state index contributed by atoms with van der Waals surface area (Å²) < 4.78 is 13.5. The highest BCUT2D eigenvalue weighted by Crippen LogP contribution is 2.25. The molecular weight excluding hydrogens is 167 g/mol. The van der Waals surface area contributed by atoms with Crippen molar-refractivity contribution >= 4 is 0 Å². The van der Waals surface area contributed by atoms with Crippen molar-refractivity contribution in [1.29, 1.82) is 0 Å². The average molecular weight is 182 g/mol. The van der Waals surface area contributed by atoms with E-state index in [4.69, 9.17) is 5.73 Å². The van der Waals surface area contributed by atoms with E-state index in [0.29, 0.717) is 5.56 Å². The van der Waals surface area contributed by atoms with Gasteiger partial charge in [0, 0.05) is 12.2 Å². The van der Waals surface area contributed by atoms with E-state index < -0.39 is 5.67 Å². The van der Waals surface area contributed by atoms with E-state index in [0.717, 1.165) is 5.69 Å². The highest BCUT2D eigenvalue weighted by Gasteiger charge is 2.19. The van der Waals surface area contributed by atoms with Gasteiger partial charge < -0.3 is 5.73 Å². The summed E-state index contributed by atoms with van der Waals surface area (Å²) in [6.07, 6.45) is 1.59. The predicted molar refractivity (Wildman–Crippen MR) is 51.0 cm³/mol. The van der Waals surface area contributed by atoms with Crippen molar-refractivity contribution in [3.8, 4) is 0 Å². The molecule has 0 spiro atoms. The molecule has 13 heavy (non-hydrogen) atoms. The summed E-state index contributed by atoms with van der Waals surface area (Å²) in [5.41, 5.74) is 5.66. The summed E-state index contributed by atoms with van der Waals surface area (Å²) in [6, 6.07) is 3.23. The van der Waals surface area contributed by atoms with Crippen LogP contribution in [0.4, 0.5) is 4.39 Å². The van der Waals surface area contributed by atoms with Gasteiger partial charge in [-0.1, -0.05) is 0 Å². The number of halogens is 1. The maximum Gasteiger partial charge on any atom is 0.130 e. The molecule has 2 N–H and O–H groups in total. The first-order chi connectivity index (χ1) is 5.91. The number of pyridine rings is 1. The maximum absolute atomic E-state index is 13.5. The fraction of sp³-hybridized carbons (Fsp3) is 0.500. The minimum absolute atomic E-state index is 0.151. The van der Waals surface area contributed by atoms with Gasteiger partial charge in [0.1, 0.15) is 5.67 Å². The summed E-state index contributed by atoms with van der Waals surface area (Å²) in [4.78, 5) is 4.06. The molecule has 0 aliphatic carbocycles. The topological polar surface area (TPSA) is 38.9 Å². The first kappa shape index (κ1) is 10.1. The Morgan fingerprint density at radius 2 is 2.15 bits per heavy atom. The van der Waals surface area contributed by atoms with Gasteiger partial charge in [-0.3, -0.25) is 4.98 Å². The fourth-order valence-electron chi connectivity index (χ4n) is 1.07. The van der Waals surface area contributed by atoms with Crippen LogP contribution in [0.2, 0.25) is 0 Å². The third kappa shape index (κ3) is 2.49. The SMILES string of the molecule is CC(N)c1cc(C(C)(C)F)ccn1. The van der Waals surface area contributed by atoms with E-state index in [1.165, 1.54) is 13.8 Å². The standard InChI is InChI=1S/C10H15FN2/c1-7(12)9-6-8(4-5-13-9)10(2,3)11/h4-7H,12H2,1-3H3. The number of hydrogen-bond acceptors (Lipinski definition) is 2. The molecule has 0 aromatic carbocycles. The molecule has 1 atom stereocenters. The lowest BCUT2D eigenvalue weighted by Crippen LogP contribution is -2.13. The summed E-state index contributed by atoms with van der Waals surface area (Å²) in [7, 11) is 0. The van der Waals surface area contributed by atoms with Crippen molar-refractivity contribution < 1.29 is 4.39 Å². The van der Waals surface area contributed by atoms with Crippen LogP contribution in [0.15, 0.2) is 18.3 Å². The van der Waals surface area contributed by atoms with E-state index in [1.54, 1.807) is 18.3 Å². The van der Waals surface area contributed by atoms with Gasteiger partial charge in [-0.15, -0.1) is 0 Å². The second-order valence-electron chi connectivity index (χ2n) is 3.73. The zero-order chi connectivity index (χ0) is 10.1. The maximum atomic E-state index is 13.5. The first-order valence-electron chi connectivity index (χ1n) is 4.32. The van der Waals surface area contributed by atoms with Crippen LogP contribution in [-0.2, 0) is 5.67 Å². The third-order valence-corrected chi connectivity index (χ3v) is 1.93. The first-order valence-corrected chi connectivity index (χ1v) is 4.32. The van der Waals surface area contributed by atoms with Crippen molar-refractivity contribution in [2.24, 2.45) is 5.73 Å². The lowest BCUT2D eigenvalue weighted by molar-refractivity contribution is 0.221. The summed E-state index contributed by atoms with van der Waals surface area (Å²) in [5, 5.41) is 0. The molecule has 0 amide bonds. The van der Waals surface area contributed by atoms with E-state index in [2.05, 4.69) is 4.98 Å². The Bertz CT molecular complexity index is 289. The van der Waals surface area contributed by atoms with Crippen molar-refractivity contribution in [2.75, 3.05) is 0 Å². The van der Waals surface area contributed by atoms with Crippen molar-refractivity contribution in [2.45, 2.75) is 32.5 Å². The van der Waals surface area contributed by atoms with Crippen LogP contribution in [0, 0.1) is 0 Å². The summed E-state index contributed by atoms with van der Waals surface area (Å²) >= 11 is 0. The Morgan fingerprint density at radius 1 is 1.54 bits per heavy atom. The molecule has 0 saturated heterocycles. The van der Waals surface area contributed by atoms with Gasteiger partial charge >= 0.3 is 0 Å². The third-order valence-electron chi connectivity index (χ3n) is 1.93. The van der Waals surface area contributed by atoms with E-state index in [1.807, 2.05) is 6.92 Å². The monoisotopic (exact) mass is 182 g/mol. The normalized spacial score (nSPS) is 14.2. The highest BCUT2D eigenvalue weighted by atomic mass is 19.1. The quantitative estimate of drug-likeness (QED) is 0.762. The van der Waals surface area contributed by atoms with Crippen LogP contribution in [-0.4, -0.2) is 4.98 Å². The number of aromatic nitrogens is 1. The van der Waals surface area contributed by atoms with Crippen LogP contribution < -0.4 is 5.73 Å². The van der Waals surface area contributed by atoms with Crippen molar-refractivity contribution in [3.63, 3.8) is 0 Å². The smallest absolute Gasteiger partial charge is 0.130 e. The Balaban J connectivity index is 3.06. The van der Waals surface area contributed by atoms with Gasteiger partial charge in [0.25, 0.3) is 0 Å². The number of hydrogen-bond donors (Lipinski definition) is 1. The molecule has 1 unspecified atom stereocenters. The van der Waals surface area contributed by atoms with Gasteiger partial charge in [-0.2, -0.15) is 0 Å².